The number of halogens is 1. The van der Waals surface area contributed by atoms with Gasteiger partial charge in [0.05, 0.1) is 17.0 Å². The largest absolute Gasteiger partial charge is 0.466 e. The minimum absolute atomic E-state index is 0.141. The summed E-state index contributed by atoms with van der Waals surface area (Å²) in [5, 5.41) is 0. The quantitative estimate of drug-likeness (QED) is 0.796. The molecule has 1 aliphatic rings. The van der Waals surface area contributed by atoms with Gasteiger partial charge in [0.1, 0.15) is 0 Å². The van der Waals surface area contributed by atoms with Gasteiger partial charge in [-0.3, -0.25) is 14.4 Å². The Labute approximate surface area is 124 Å². The summed E-state index contributed by atoms with van der Waals surface area (Å²) in [5.41, 5.74) is 0.836. The van der Waals surface area contributed by atoms with E-state index >= 15 is 0 Å². The highest BCUT2D eigenvalue weighted by atomic mass is 79.9. The van der Waals surface area contributed by atoms with Crippen LogP contribution in [0.25, 0.3) is 0 Å². The number of hydrogen-bond donors (Lipinski definition) is 0. The van der Waals surface area contributed by atoms with Crippen LogP contribution in [-0.4, -0.2) is 24.1 Å². The highest BCUT2D eigenvalue weighted by Gasteiger charge is 2.36. The SMILES string of the molecule is CCOC(=O)C(C)C1=C(Br)C(=O)c2ccccc2C1=O. The molecule has 0 saturated carbocycles. The number of carbonyl (C=O) groups is 3. The van der Waals surface area contributed by atoms with Crippen molar-refractivity contribution in [3.8, 4) is 0 Å². The zero-order valence-electron chi connectivity index (χ0n) is 11.1. The molecule has 104 valence electrons. The van der Waals surface area contributed by atoms with Crippen LogP contribution in [0.3, 0.4) is 0 Å². The highest BCUT2D eigenvalue weighted by molar-refractivity contribution is 9.12. The molecular weight excluding hydrogens is 324 g/mol. The molecule has 1 aromatic rings. The molecule has 0 aliphatic heterocycles. The zero-order valence-corrected chi connectivity index (χ0v) is 12.7. The molecule has 1 unspecified atom stereocenters. The van der Waals surface area contributed by atoms with Crippen molar-refractivity contribution in [2.75, 3.05) is 6.61 Å². The van der Waals surface area contributed by atoms with E-state index < -0.39 is 11.9 Å². The van der Waals surface area contributed by atoms with Gasteiger partial charge >= 0.3 is 5.97 Å². The molecule has 0 amide bonds. The number of hydrogen-bond acceptors (Lipinski definition) is 4. The van der Waals surface area contributed by atoms with E-state index in [2.05, 4.69) is 15.9 Å². The molecule has 0 spiro atoms. The second-order valence-electron chi connectivity index (χ2n) is 4.41. The first kappa shape index (κ1) is 14.7. The standard InChI is InChI=1S/C15H13BrO4/c1-3-20-15(19)8(2)11-12(16)14(18)10-7-5-4-6-9(10)13(11)17/h4-8H,3H2,1-2H3. The van der Waals surface area contributed by atoms with Crippen LogP contribution in [0.4, 0.5) is 0 Å². The van der Waals surface area contributed by atoms with Gasteiger partial charge in [-0.25, -0.2) is 0 Å². The molecule has 2 rings (SSSR count). The summed E-state index contributed by atoms with van der Waals surface area (Å²) in [6.07, 6.45) is 0. The second kappa shape index (κ2) is 5.71. The zero-order chi connectivity index (χ0) is 14.9. The Balaban J connectivity index is 2.49. The monoisotopic (exact) mass is 336 g/mol. The molecular formula is C15H13BrO4. The summed E-state index contributed by atoms with van der Waals surface area (Å²) < 4.78 is 5.06. The third-order valence-electron chi connectivity index (χ3n) is 3.17. The predicted octanol–water partition coefficient (Wildman–Crippen LogP) is 2.91. The smallest absolute Gasteiger partial charge is 0.313 e. The van der Waals surface area contributed by atoms with E-state index in [9.17, 15) is 14.4 Å². The van der Waals surface area contributed by atoms with Gasteiger partial charge in [-0.15, -0.1) is 0 Å². The average molecular weight is 337 g/mol. The molecule has 4 nitrogen and oxygen atoms in total. The van der Waals surface area contributed by atoms with Crippen LogP contribution >= 0.6 is 15.9 Å². The fourth-order valence-corrected chi connectivity index (χ4v) is 2.87. The third-order valence-corrected chi connectivity index (χ3v) is 3.96. The molecule has 0 saturated heterocycles. The van der Waals surface area contributed by atoms with E-state index in [1.54, 1.807) is 38.1 Å². The van der Waals surface area contributed by atoms with Gasteiger partial charge in [0.15, 0.2) is 5.78 Å². The first-order chi connectivity index (χ1) is 9.49. The fraction of sp³-hybridized carbons (Fsp3) is 0.267. The van der Waals surface area contributed by atoms with Gasteiger partial charge in [-0.05, 0) is 29.8 Å². The van der Waals surface area contributed by atoms with Gasteiger partial charge in [0.2, 0.25) is 5.78 Å². The second-order valence-corrected chi connectivity index (χ2v) is 5.20. The summed E-state index contributed by atoms with van der Waals surface area (Å²) in [6.45, 7) is 3.48. The number of rotatable bonds is 3. The summed E-state index contributed by atoms with van der Waals surface area (Å²) in [6, 6.07) is 6.58. The van der Waals surface area contributed by atoms with E-state index in [1.807, 2.05) is 0 Å². The Kier molecular flexibility index (Phi) is 4.18. The van der Waals surface area contributed by atoms with Crippen LogP contribution in [0.2, 0.25) is 0 Å². The first-order valence-corrected chi connectivity index (χ1v) is 7.03. The average Bonchev–Trinajstić information content (AvgIpc) is 2.45. The molecule has 0 bridgehead atoms. The highest BCUT2D eigenvalue weighted by Crippen LogP contribution is 2.33. The van der Waals surface area contributed by atoms with Crippen molar-refractivity contribution in [1.29, 1.82) is 0 Å². The predicted molar refractivity (Wildman–Crippen MR) is 76.9 cm³/mol. The van der Waals surface area contributed by atoms with Crippen LogP contribution in [0, 0.1) is 5.92 Å². The lowest BCUT2D eigenvalue weighted by Crippen LogP contribution is -2.28. The van der Waals surface area contributed by atoms with Gasteiger partial charge in [-0.2, -0.15) is 0 Å². The lowest BCUT2D eigenvalue weighted by atomic mass is 9.84. The van der Waals surface area contributed by atoms with Gasteiger partial charge in [0.25, 0.3) is 0 Å². The van der Waals surface area contributed by atoms with Crippen LogP contribution in [0.15, 0.2) is 34.3 Å². The van der Waals surface area contributed by atoms with Crippen molar-refractivity contribution in [2.24, 2.45) is 5.92 Å². The van der Waals surface area contributed by atoms with Gasteiger partial charge in [-0.1, -0.05) is 24.3 Å². The van der Waals surface area contributed by atoms with Crippen LogP contribution < -0.4 is 0 Å². The number of esters is 1. The summed E-state index contributed by atoms with van der Waals surface area (Å²) >= 11 is 3.15. The fourth-order valence-electron chi connectivity index (χ4n) is 2.14. The van der Waals surface area contributed by atoms with E-state index in [4.69, 9.17) is 4.74 Å². The lowest BCUT2D eigenvalue weighted by molar-refractivity contribution is -0.146. The third kappa shape index (κ3) is 2.33. The molecule has 1 atom stereocenters. The van der Waals surface area contributed by atoms with Crippen molar-refractivity contribution in [1.82, 2.24) is 0 Å². The Morgan fingerprint density at radius 1 is 1.20 bits per heavy atom. The van der Waals surface area contributed by atoms with E-state index in [0.717, 1.165) is 0 Å². The topological polar surface area (TPSA) is 60.4 Å². The maximum atomic E-state index is 12.5. The molecule has 0 aromatic heterocycles. The minimum atomic E-state index is -0.783. The summed E-state index contributed by atoms with van der Waals surface area (Å²) in [4.78, 5) is 36.5. The van der Waals surface area contributed by atoms with Crippen molar-refractivity contribution in [2.45, 2.75) is 13.8 Å². The Morgan fingerprint density at radius 2 is 1.75 bits per heavy atom. The Morgan fingerprint density at radius 3 is 2.30 bits per heavy atom. The lowest BCUT2D eigenvalue weighted by Gasteiger charge is -2.21. The van der Waals surface area contributed by atoms with E-state index in [0.29, 0.717) is 11.1 Å². The van der Waals surface area contributed by atoms with Crippen LogP contribution in [0.5, 0.6) is 0 Å². The van der Waals surface area contributed by atoms with E-state index in [1.165, 1.54) is 0 Å². The van der Waals surface area contributed by atoms with Crippen molar-refractivity contribution < 1.29 is 19.1 Å². The number of benzene rings is 1. The first-order valence-electron chi connectivity index (χ1n) is 6.23. The molecule has 1 aromatic carbocycles. The molecule has 5 heteroatoms. The normalized spacial score (nSPS) is 15.9. The summed E-state index contributed by atoms with van der Waals surface area (Å²) in [5.74, 6) is -1.90. The number of ketones is 2. The van der Waals surface area contributed by atoms with Crippen molar-refractivity contribution in [3.05, 3.63) is 45.4 Å². The molecule has 0 heterocycles. The van der Waals surface area contributed by atoms with Crippen molar-refractivity contribution >= 4 is 33.5 Å². The maximum Gasteiger partial charge on any atom is 0.313 e. The Bertz CT molecular complexity index is 631. The number of fused-ring (bicyclic) bond motifs is 1. The minimum Gasteiger partial charge on any atom is -0.466 e. The molecule has 0 N–H and O–H groups in total. The van der Waals surface area contributed by atoms with Crippen molar-refractivity contribution in [3.63, 3.8) is 0 Å². The summed E-state index contributed by atoms with van der Waals surface area (Å²) in [7, 11) is 0. The Hall–Kier alpha value is -1.75. The van der Waals surface area contributed by atoms with E-state index in [-0.39, 0.29) is 28.2 Å². The maximum absolute atomic E-state index is 12.5. The van der Waals surface area contributed by atoms with Gasteiger partial charge in [0, 0.05) is 16.7 Å². The van der Waals surface area contributed by atoms with Gasteiger partial charge < -0.3 is 4.74 Å². The number of carbonyl (C=O) groups excluding carboxylic acids is 3. The van der Waals surface area contributed by atoms with Crippen LogP contribution in [0.1, 0.15) is 34.6 Å². The number of ether oxygens (including phenoxy) is 1. The molecule has 0 radical (unpaired) electrons. The molecule has 1 aliphatic carbocycles. The molecule has 20 heavy (non-hydrogen) atoms. The van der Waals surface area contributed by atoms with Crippen LogP contribution in [-0.2, 0) is 9.53 Å². The molecule has 0 fully saturated rings. The number of allylic oxidation sites excluding steroid dienone is 1. The number of Topliss-reactive ketones (excluding diaryl/α,β-unsaturated/α-hetero) is 2.